The molecule has 18 heavy (non-hydrogen) atoms. The summed E-state index contributed by atoms with van der Waals surface area (Å²) in [6.45, 7) is 0.804. The topological polar surface area (TPSA) is 41.5 Å². The maximum absolute atomic E-state index is 12.0. The summed E-state index contributed by atoms with van der Waals surface area (Å²) < 4.78 is 0. The maximum atomic E-state index is 12.0. The minimum Gasteiger partial charge on any atom is -0.305 e. The Labute approximate surface area is 115 Å². The zero-order valence-electron chi connectivity index (χ0n) is 9.73. The second-order valence-electron chi connectivity index (χ2n) is 4.49. The van der Waals surface area contributed by atoms with Crippen molar-refractivity contribution in [2.24, 2.45) is 10.9 Å². The molecule has 5 heteroatoms. The smallest absolute Gasteiger partial charge is 0.229 e. The first-order valence-electron chi connectivity index (χ1n) is 5.98. The summed E-state index contributed by atoms with van der Waals surface area (Å²) in [6.07, 6.45) is 0.882. The average molecular weight is 281 g/mol. The molecule has 0 radical (unpaired) electrons. The van der Waals surface area contributed by atoms with Gasteiger partial charge in [0.2, 0.25) is 5.91 Å². The SMILES string of the molecule is O=C(NC1=NCCS1)C1CC1c1ccccc1Cl. The number of benzene rings is 1. The van der Waals surface area contributed by atoms with Crippen molar-refractivity contribution in [3.8, 4) is 0 Å². The zero-order chi connectivity index (χ0) is 12.5. The highest BCUT2D eigenvalue weighted by molar-refractivity contribution is 8.14. The molecule has 0 aromatic heterocycles. The second kappa shape index (κ2) is 4.94. The zero-order valence-corrected chi connectivity index (χ0v) is 11.3. The van der Waals surface area contributed by atoms with E-state index in [2.05, 4.69) is 10.3 Å². The van der Waals surface area contributed by atoms with Crippen LogP contribution in [-0.2, 0) is 4.79 Å². The van der Waals surface area contributed by atoms with E-state index in [-0.39, 0.29) is 17.7 Å². The van der Waals surface area contributed by atoms with E-state index in [1.54, 1.807) is 11.8 Å². The number of hydrogen-bond acceptors (Lipinski definition) is 3. The van der Waals surface area contributed by atoms with Crippen LogP contribution in [0.15, 0.2) is 29.3 Å². The number of nitrogens with one attached hydrogen (secondary N) is 1. The molecule has 2 aliphatic rings. The second-order valence-corrected chi connectivity index (χ2v) is 5.99. The van der Waals surface area contributed by atoms with Gasteiger partial charge in [0.15, 0.2) is 5.17 Å². The van der Waals surface area contributed by atoms with Gasteiger partial charge in [-0.05, 0) is 24.0 Å². The van der Waals surface area contributed by atoms with E-state index >= 15 is 0 Å². The molecule has 1 heterocycles. The monoisotopic (exact) mass is 280 g/mol. The van der Waals surface area contributed by atoms with Crippen molar-refractivity contribution in [3.05, 3.63) is 34.9 Å². The molecule has 0 saturated heterocycles. The lowest BCUT2D eigenvalue weighted by Gasteiger charge is -2.04. The molecule has 2 atom stereocenters. The third kappa shape index (κ3) is 2.40. The Morgan fingerprint density at radius 1 is 1.44 bits per heavy atom. The Morgan fingerprint density at radius 2 is 2.28 bits per heavy atom. The molecule has 0 spiro atoms. The quantitative estimate of drug-likeness (QED) is 0.905. The van der Waals surface area contributed by atoms with E-state index in [1.165, 1.54) is 0 Å². The molecule has 1 fully saturated rings. The number of halogens is 1. The van der Waals surface area contributed by atoms with Crippen molar-refractivity contribution in [1.82, 2.24) is 5.32 Å². The highest BCUT2D eigenvalue weighted by Crippen LogP contribution is 2.49. The van der Waals surface area contributed by atoms with Crippen molar-refractivity contribution in [2.75, 3.05) is 12.3 Å². The van der Waals surface area contributed by atoms with Crippen LogP contribution in [0.3, 0.4) is 0 Å². The number of carbonyl (C=O) groups is 1. The van der Waals surface area contributed by atoms with Crippen LogP contribution in [0.2, 0.25) is 5.02 Å². The Bertz CT molecular complexity index is 517. The summed E-state index contributed by atoms with van der Waals surface area (Å²) in [5.41, 5.74) is 1.08. The Morgan fingerprint density at radius 3 is 3.00 bits per heavy atom. The number of amidine groups is 1. The minimum atomic E-state index is 0.0498. The van der Waals surface area contributed by atoms with Crippen LogP contribution in [0, 0.1) is 5.92 Å². The van der Waals surface area contributed by atoms with E-state index in [4.69, 9.17) is 11.6 Å². The minimum absolute atomic E-state index is 0.0498. The van der Waals surface area contributed by atoms with Gasteiger partial charge in [-0.3, -0.25) is 9.79 Å². The molecule has 1 aliphatic carbocycles. The third-order valence-electron chi connectivity index (χ3n) is 3.25. The summed E-state index contributed by atoms with van der Waals surface area (Å²) in [4.78, 5) is 16.2. The number of thioether (sulfide) groups is 1. The first-order valence-corrected chi connectivity index (χ1v) is 7.34. The summed E-state index contributed by atoms with van der Waals surface area (Å²) in [6, 6.07) is 7.75. The lowest BCUT2D eigenvalue weighted by atomic mass is 10.1. The van der Waals surface area contributed by atoms with Gasteiger partial charge in [-0.25, -0.2) is 0 Å². The predicted octanol–water partition coefficient (Wildman–Crippen LogP) is 2.66. The predicted molar refractivity (Wildman–Crippen MR) is 75.2 cm³/mol. The Hall–Kier alpha value is -1.00. The lowest BCUT2D eigenvalue weighted by Crippen LogP contribution is -2.29. The summed E-state index contributed by atoms with van der Waals surface area (Å²) in [5.74, 6) is 1.36. The van der Waals surface area contributed by atoms with Crippen molar-refractivity contribution in [3.63, 3.8) is 0 Å². The molecule has 1 N–H and O–H groups in total. The standard InChI is InChI=1S/C13H13ClN2OS/c14-11-4-2-1-3-8(11)9-7-10(9)12(17)16-13-15-5-6-18-13/h1-4,9-10H,5-7H2,(H,15,16,17). The van der Waals surface area contributed by atoms with E-state index in [0.29, 0.717) is 0 Å². The molecule has 1 saturated carbocycles. The molecule has 3 nitrogen and oxygen atoms in total. The van der Waals surface area contributed by atoms with Gasteiger partial charge in [-0.2, -0.15) is 0 Å². The molecule has 1 aromatic rings. The molecule has 94 valence electrons. The van der Waals surface area contributed by atoms with Crippen molar-refractivity contribution in [2.45, 2.75) is 12.3 Å². The van der Waals surface area contributed by atoms with Crippen molar-refractivity contribution >= 4 is 34.4 Å². The van der Waals surface area contributed by atoms with Gasteiger partial charge in [0.05, 0.1) is 6.54 Å². The molecule has 1 aromatic carbocycles. The largest absolute Gasteiger partial charge is 0.305 e. The molecule has 1 amide bonds. The van der Waals surface area contributed by atoms with Gasteiger partial charge in [0, 0.05) is 16.7 Å². The van der Waals surface area contributed by atoms with Crippen LogP contribution in [0.4, 0.5) is 0 Å². The first-order chi connectivity index (χ1) is 8.75. The summed E-state index contributed by atoms with van der Waals surface area (Å²) in [7, 11) is 0. The van der Waals surface area contributed by atoms with Gasteiger partial charge in [0.25, 0.3) is 0 Å². The third-order valence-corrected chi connectivity index (χ3v) is 4.48. The maximum Gasteiger partial charge on any atom is 0.229 e. The fraction of sp³-hybridized carbons (Fsp3) is 0.385. The van der Waals surface area contributed by atoms with Crippen LogP contribution in [0.5, 0.6) is 0 Å². The van der Waals surface area contributed by atoms with Crippen LogP contribution >= 0.6 is 23.4 Å². The van der Waals surface area contributed by atoms with Gasteiger partial charge >= 0.3 is 0 Å². The number of aliphatic imine (C=N–C) groups is 1. The number of carbonyl (C=O) groups excluding carboxylic acids is 1. The normalized spacial score (nSPS) is 25.7. The summed E-state index contributed by atoms with van der Waals surface area (Å²) >= 11 is 7.75. The Kier molecular flexibility index (Phi) is 3.31. The molecular formula is C13H13ClN2OS. The molecular weight excluding hydrogens is 268 g/mol. The van der Waals surface area contributed by atoms with E-state index in [0.717, 1.165) is 34.5 Å². The molecule has 3 rings (SSSR count). The van der Waals surface area contributed by atoms with Crippen LogP contribution in [0.1, 0.15) is 17.9 Å². The van der Waals surface area contributed by atoms with Crippen LogP contribution in [0.25, 0.3) is 0 Å². The van der Waals surface area contributed by atoms with E-state index in [1.807, 2.05) is 24.3 Å². The van der Waals surface area contributed by atoms with E-state index < -0.39 is 0 Å². The van der Waals surface area contributed by atoms with Gasteiger partial charge < -0.3 is 5.32 Å². The number of nitrogens with zero attached hydrogens (tertiary/aromatic N) is 1. The highest BCUT2D eigenvalue weighted by atomic mass is 35.5. The van der Waals surface area contributed by atoms with Crippen molar-refractivity contribution < 1.29 is 4.79 Å². The van der Waals surface area contributed by atoms with E-state index in [9.17, 15) is 4.79 Å². The molecule has 2 unspecified atom stereocenters. The first kappa shape index (κ1) is 12.1. The number of hydrogen-bond donors (Lipinski definition) is 1. The fourth-order valence-corrected chi connectivity index (χ4v) is 3.22. The van der Waals surface area contributed by atoms with Gasteiger partial charge in [-0.1, -0.05) is 41.6 Å². The average Bonchev–Trinajstić information content (AvgIpc) is 3.00. The fourth-order valence-electron chi connectivity index (χ4n) is 2.21. The summed E-state index contributed by atoms with van der Waals surface area (Å²) in [5, 5.41) is 4.41. The van der Waals surface area contributed by atoms with Crippen LogP contribution < -0.4 is 5.32 Å². The van der Waals surface area contributed by atoms with Gasteiger partial charge in [-0.15, -0.1) is 0 Å². The van der Waals surface area contributed by atoms with Gasteiger partial charge in [0.1, 0.15) is 0 Å². The lowest BCUT2D eigenvalue weighted by molar-refractivity contribution is -0.120. The molecule has 1 aliphatic heterocycles. The van der Waals surface area contributed by atoms with Crippen LogP contribution in [-0.4, -0.2) is 23.4 Å². The highest BCUT2D eigenvalue weighted by Gasteiger charge is 2.45. The Balaban J connectivity index is 1.63. The number of amides is 1. The molecule has 0 bridgehead atoms. The number of rotatable bonds is 2. The van der Waals surface area contributed by atoms with Crippen molar-refractivity contribution in [1.29, 1.82) is 0 Å².